The molecular weight excluding hydrogens is 152 g/mol. The van der Waals surface area contributed by atoms with Crippen LogP contribution in [0.2, 0.25) is 0 Å². The van der Waals surface area contributed by atoms with E-state index in [1.165, 1.54) is 0 Å². The molecule has 12 heavy (non-hydrogen) atoms. The molecule has 64 valence electrons. The fraction of sp³-hybridized carbons (Fsp3) is 0.111. The molecule has 1 aromatic rings. The Bertz CT molecular complexity index is 351. The maximum absolute atomic E-state index is 4.61. The van der Waals surface area contributed by atoms with Gasteiger partial charge in [0, 0.05) is 17.7 Å². The average molecular weight is 164 g/mol. The van der Waals surface area contributed by atoms with Gasteiger partial charge in [0.15, 0.2) is 0 Å². The minimum atomic E-state index is 0.914. The van der Waals surface area contributed by atoms with E-state index in [-0.39, 0.29) is 0 Å². The lowest BCUT2D eigenvalue weighted by atomic mass is 10.4. The van der Waals surface area contributed by atoms with Crippen LogP contribution in [0.3, 0.4) is 0 Å². The van der Waals surface area contributed by atoms with Crippen LogP contribution in [0.1, 0.15) is 0 Å². The van der Waals surface area contributed by atoms with E-state index in [1.807, 2.05) is 24.4 Å². The fourth-order valence-electron chi connectivity index (χ4n) is 0.831. The molecule has 0 spiro atoms. The highest BCUT2D eigenvalue weighted by Crippen LogP contribution is 1.70. The molecule has 0 saturated heterocycles. The van der Waals surface area contributed by atoms with Crippen molar-refractivity contribution < 1.29 is 4.84 Å². The van der Waals surface area contributed by atoms with Crippen molar-refractivity contribution in [3.05, 3.63) is 35.1 Å². The molecule has 0 aliphatic heterocycles. The molecule has 0 atom stereocenters. The molecule has 2 N–H and O–H groups in total. The molecule has 3 heteroatoms. The Morgan fingerprint density at radius 1 is 1.67 bits per heavy atom. The van der Waals surface area contributed by atoms with E-state index in [9.17, 15) is 0 Å². The second-order valence-corrected chi connectivity index (χ2v) is 2.26. The first-order chi connectivity index (χ1) is 5.84. The van der Waals surface area contributed by atoms with E-state index in [2.05, 4.69) is 21.9 Å². The summed E-state index contributed by atoms with van der Waals surface area (Å²) in [5, 5.41) is 1.99. The maximum Gasteiger partial charge on any atom is 0.0636 e. The van der Waals surface area contributed by atoms with Gasteiger partial charge in [-0.15, -0.1) is 0 Å². The van der Waals surface area contributed by atoms with Gasteiger partial charge in [-0.1, -0.05) is 12.7 Å². The SMILES string of the molecule is C=c1[nH]cc/c1=C/C=C\NOC. The summed E-state index contributed by atoms with van der Waals surface area (Å²) in [5.74, 6) is 0. The van der Waals surface area contributed by atoms with Crippen LogP contribution in [0.15, 0.2) is 24.5 Å². The van der Waals surface area contributed by atoms with Gasteiger partial charge in [-0.25, -0.2) is 0 Å². The molecule has 0 bridgehead atoms. The maximum atomic E-state index is 4.61. The van der Waals surface area contributed by atoms with Gasteiger partial charge in [0.2, 0.25) is 0 Å². The van der Waals surface area contributed by atoms with Crippen molar-refractivity contribution >= 4 is 12.7 Å². The Morgan fingerprint density at radius 3 is 3.08 bits per heavy atom. The van der Waals surface area contributed by atoms with Crippen LogP contribution >= 0.6 is 0 Å². The minimum absolute atomic E-state index is 0.914. The summed E-state index contributed by atoms with van der Waals surface area (Å²) in [4.78, 5) is 7.59. The number of hydrogen-bond acceptors (Lipinski definition) is 2. The molecule has 0 radical (unpaired) electrons. The standard InChI is InChI=1S/C9H12N2O/c1-8-9(5-7-10-8)4-3-6-11-12-2/h3-7,10-11H,1H2,2H3/b6-3-,9-4-. The van der Waals surface area contributed by atoms with Crippen LogP contribution in [0, 0.1) is 0 Å². The second kappa shape index (κ2) is 4.41. The van der Waals surface area contributed by atoms with Gasteiger partial charge in [-0.3, -0.25) is 10.3 Å². The van der Waals surface area contributed by atoms with Crippen LogP contribution in [0.5, 0.6) is 0 Å². The lowest BCUT2D eigenvalue weighted by Crippen LogP contribution is -2.19. The summed E-state index contributed by atoms with van der Waals surface area (Å²) >= 11 is 0. The minimum Gasteiger partial charge on any atom is -0.362 e. The van der Waals surface area contributed by atoms with E-state index in [0.717, 1.165) is 10.6 Å². The number of H-pyrrole nitrogens is 1. The van der Waals surface area contributed by atoms with Crippen molar-refractivity contribution in [1.29, 1.82) is 0 Å². The predicted octanol–water partition coefficient (Wildman–Crippen LogP) is -0.130. The van der Waals surface area contributed by atoms with Gasteiger partial charge in [0.05, 0.1) is 7.11 Å². The molecule has 1 rings (SSSR count). The normalized spacial score (nSPS) is 12.6. The third-order valence-electron chi connectivity index (χ3n) is 1.43. The zero-order valence-corrected chi connectivity index (χ0v) is 7.00. The number of aromatic amines is 1. The fourth-order valence-corrected chi connectivity index (χ4v) is 0.831. The van der Waals surface area contributed by atoms with Gasteiger partial charge >= 0.3 is 0 Å². The largest absolute Gasteiger partial charge is 0.362 e. The van der Waals surface area contributed by atoms with Gasteiger partial charge in [0.25, 0.3) is 0 Å². The Kier molecular flexibility index (Phi) is 3.17. The zero-order chi connectivity index (χ0) is 8.81. The molecule has 0 amide bonds. The molecule has 1 aromatic heterocycles. The highest BCUT2D eigenvalue weighted by Gasteiger charge is 1.78. The summed E-state index contributed by atoms with van der Waals surface area (Å²) in [6.07, 6.45) is 7.34. The third kappa shape index (κ3) is 2.29. The van der Waals surface area contributed by atoms with Crippen LogP contribution in [0.4, 0.5) is 0 Å². The Labute approximate surface area is 71.0 Å². The van der Waals surface area contributed by atoms with E-state index < -0.39 is 0 Å². The van der Waals surface area contributed by atoms with Crippen LogP contribution in [-0.2, 0) is 4.84 Å². The van der Waals surface area contributed by atoms with Crippen molar-refractivity contribution in [2.75, 3.05) is 7.11 Å². The van der Waals surface area contributed by atoms with E-state index in [4.69, 9.17) is 0 Å². The number of hydroxylamine groups is 1. The van der Waals surface area contributed by atoms with Crippen molar-refractivity contribution in [3.8, 4) is 0 Å². The summed E-state index contributed by atoms with van der Waals surface area (Å²) in [7, 11) is 1.56. The second-order valence-electron chi connectivity index (χ2n) is 2.26. The molecule has 0 aliphatic rings. The summed E-state index contributed by atoms with van der Waals surface area (Å²) in [5.41, 5.74) is 2.59. The lowest BCUT2D eigenvalue weighted by molar-refractivity contribution is 0.128. The average Bonchev–Trinajstić information content (AvgIpc) is 2.46. The first kappa shape index (κ1) is 8.62. The van der Waals surface area contributed by atoms with E-state index in [1.54, 1.807) is 13.3 Å². The highest BCUT2D eigenvalue weighted by molar-refractivity contribution is 5.36. The first-order valence-corrected chi connectivity index (χ1v) is 3.62. The number of aromatic nitrogens is 1. The zero-order valence-electron chi connectivity index (χ0n) is 7.00. The third-order valence-corrected chi connectivity index (χ3v) is 1.43. The number of allylic oxidation sites excluding steroid dienone is 1. The smallest absolute Gasteiger partial charge is 0.0636 e. The lowest BCUT2D eigenvalue weighted by Gasteiger charge is -1.88. The number of nitrogens with one attached hydrogen (secondary N) is 2. The Hall–Kier alpha value is -1.48. The number of hydrogen-bond donors (Lipinski definition) is 2. The molecule has 0 aromatic carbocycles. The van der Waals surface area contributed by atoms with Crippen LogP contribution < -0.4 is 16.0 Å². The monoisotopic (exact) mass is 164 g/mol. The Balaban J connectivity index is 2.71. The van der Waals surface area contributed by atoms with Crippen molar-refractivity contribution in [2.45, 2.75) is 0 Å². The van der Waals surface area contributed by atoms with E-state index >= 15 is 0 Å². The highest BCUT2D eigenvalue weighted by atomic mass is 16.6. The summed E-state index contributed by atoms with van der Waals surface area (Å²) in [6, 6.07) is 1.96. The molecule has 0 unspecified atom stereocenters. The molecule has 3 nitrogen and oxygen atoms in total. The molecular formula is C9H12N2O. The molecule has 1 heterocycles. The Morgan fingerprint density at radius 2 is 2.50 bits per heavy atom. The molecule has 0 saturated carbocycles. The summed E-state index contributed by atoms with van der Waals surface area (Å²) < 4.78 is 0. The van der Waals surface area contributed by atoms with Crippen molar-refractivity contribution in [3.63, 3.8) is 0 Å². The van der Waals surface area contributed by atoms with E-state index in [0.29, 0.717) is 0 Å². The van der Waals surface area contributed by atoms with Crippen LogP contribution in [0.25, 0.3) is 12.7 Å². The topological polar surface area (TPSA) is 37.0 Å². The summed E-state index contributed by atoms with van der Waals surface area (Å²) in [6.45, 7) is 3.81. The van der Waals surface area contributed by atoms with Crippen molar-refractivity contribution in [2.24, 2.45) is 0 Å². The molecule has 0 aliphatic carbocycles. The predicted molar refractivity (Wildman–Crippen MR) is 49.3 cm³/mol. The van der Waals surface area contributed by atoms with Crippen molar-refractivity contribution in [1.82, 2.24) is 10.5 Å². The number of rotatable bonds is 3. The van der Waals surface area contributed by atoms with Crippen LogP contribution in [-0.4, -0.2) is 12.1 Å². The van der Waals surface area contributed by atoms with Gasteiger partial charge in [0.1, 0.15) is 0 Å². The van der Waals surface area contributed by atoms with Gasteiger partial charge in [-0.05, 0) is 17.4 Å². The quantitative estimate of drug-likeness (QED) is 0.611. The molecule has 0 fully saturated rings. The van der Waals surface area contributed by atoms with Gasteiger partial charge < -0.3 is 4.98 Å². The first-order valence-electron chi connectivity index (χ1n) is 3.62. The van der Waals surface area contributed by atoms with Gasteiger partial charge in [-0.2, -0.15) is 0 Å².